The fourth-order valence-corrected chi connectivity index (χ4v) is 5.07. The molecule has 4 rings (SSSR count). The first-order valence-corrected chi connectivity index (χ1v) is 10.8. The molecule has 0 bridgehead atoms. The minimum absolute atomic E-state index is 0.0471. The fraction of sp³-hybridized carbons (Fsp3) is 0.727. The molecule has 3 fully saturated rings. The zero-order chi connectivity index (χ0) is 18.6. The zero-order valence-electron chi connectivity index (χ0n) is 16.7. The lowest BCUT2D eigenvalue weighted by molar-refractivity contribution is 0.121. The molecule has 5 nitrogen and oxygen atoms in total. The van der Waals surface area contributed by atoms with Gasteiger partial charge in [0.1, 0.15) is 12.4 Å². The van der Waals surface area contributed by atoms with Gasteiger partial charge in [-0.3, -0.25) is 9.80 Å². The van der Waals surface area contributed by atoms with Crippen molar-refractivity contribution in [3.8, 4) is 5.75 Å². The second-order valence-corrected chi connectivity index (χ2v) is 8.61. The molecule has 0 radical (unpaired) electrons. The highest BCUT2D eigenvalue weighted by Gasteiger charge is 2.39. The number of likely N-dealkylation sites (N-methyl/N-ethyl adjacent to an activating group) is 1. The number of nitrogens with zero attached hydrogens (tertiary/aromatic N) is 3. The molecule has 150 valence electrons. The van der Waals surface area contributed by atoms with Crippen molar-refractivity contribution < 1.29 is 9.84 Å². The number of fused-ring (bicyclic) bond motifs is 1. The molecule has 1 aromatic carbocycles. The lowest BCUT2D eigenvalue weighted by Gasteiger charge is -2.33. The molecule has 2 aliphatic heterocycles. The van der Waals surface area contributed by atoms with E-state index in [1.807, 2.05) is 0 Å². The van der Waals surface area contributed by atoms with Crippen LogP contribution in [0.2, 0.25) is 0 Å². The van der Waals surface area contributed by atoms with Crippen LogP contribution in [0.5, 0.6) is 5.75 Å². The molecule has 1 aliphatic carbocycles. The number of aliphatic hydroxyl groups is 1. The summed E-state index contributed by atoms with van der Waals surface area (Å²) in [5.74, 6) is 2.40. The number of benzene rings is 1. The van der Waals surface area contributed by atoms with Crippen molar-refractivity contribution in [1.82, 2.24) is 14.7 Å². The summed E-state index contributed by atoms with van der Waals surface area (Å²) >= 11 is 0. The van der Waals surface area contributed by atoms with Gasteiger partial charge in [-0.25, -0.2) is 0 Å². The fourth-order valence-electron chi connectivity index (χ4n) is 5.07. The Hall–Kier alpha value is -1.14. The minimum Gasteiger partial charge on any atom is -0.492 e. The lowest BCUT2D eigenvalue weighted by atomic mass is 10.0. The number of ether oxygens (including phenoxy) is 1. The molecule has 0 aromatic heterocycles. The summed E-state index contributed by atoms with van der Waals surface area (Å²) in [4.78, 5) is 7.56. The average molecular weight is 374 g/mol. The van der Waals surface area contributed by atoms with Crippen molar-refractivity contribution in [3.05, 3.63) is 29.8 Å². The summed E-state index contributed by atoms with van der Waals surface area (Å²) in [6.07, 6.45) is 1.96. The SMILES string of the molecule is CCN1CCN(CCOc2ccc(CN3C[C@H]4CC(O)C[C@H]4C3)cc2)CC1. The van der Waals surface area contributed by atoms with Crippen LogP contribution in [0.15, 0.2) is 24.3 Å². The van der Waals surface area contributed by atoms with Gasteiger partial charge in [-0.1, -0.05) is 19.1 Å². The van der Waals surface area contributed by atoms with Crippen molar-refractivity contribution in [2.24, 2.45) is 11.8 Å². The van der Waals surface area contributed by atoms with E-state index >= 15 is 0 Å². The molecule has 0 amide bonds. The molecule has 1 unspecified atom stereocenters. The summed E-state index contributed by atoms with van der Waals surface area (Å²) < 4.78 is 5.96. The topological polar surface area (TPSA) is 39.2 Å². The Morgan fingerprint density at radius 1 is 0.926 bits per heavy atom. The van der Waals surface area contributed by atoms with Gasteiger partial charge in [-0.15, -0.1) is 0 Å². The number of aliphatic hydroxyl groups excluding tert-OH is 1. The van der Waals surface area contributed by atoms with E-state index in [0.29, 0.717) is 11.8 Å². The molecule has 1 N–H and O–H groups in total. The van der Waals surface area contributed by atoms with Gasteiger partial charge in [0.05, 0.1) is 6.10 Å². The van der Waals surface area contributed by atoms with Gasteiger partial charge < -0.3 is 14.7 Å². The first kappa shape index (κ1) is 19.2. The maximum Gasteiger partial charge on any atom is 0.119 e. The average Bonchev–Trinajstić information content (AvgIpc) is 3.20. The highest BCUT2D eigenvalue weighted by molar-refractivity contribution is 5.27. The van der Waals surface area contributed by atoms with Gasteiger partial charge in [0, 0.05) is 52.4 Å². The van der Waals surface area contributed by atoms with Gasteiger partial charge in [-0.05, 0) is 48.9 Å². The summed E-state index contributed by atoms with van der Waals surface area (Å²) in [6, 6.07) is 8.65. The first-order chi connectivity index (χ1) is 13.2. The maximum absolute atomic E-state index is 9.78. The van der Waals surface area contributed by atoms with Crippen molar-refractivity contribution >= 4 is 0 Å². The van der Waals surface area contributed by atoms with E-state index in [-0.39, 0.29) is 6.10 Å². The Kier molecular flexibility index (Phi) is 6.33. The predicted octanol–water partition coefficient (Wildman–Crippen LogP) is 1.91. The molecule has 1 aromatic rings. The molecular formula is C22H35N3O2. The largest absolute Gasteiger partial charge is 0.492 e. The summed E-state index contributed by atoms with van der Waals surface area (Å²) in [5.41, 5.74) is 1.36. The number of rotatable bonds is 7. The monoisotopic (exact) mass is 373 g/mol. The normalized spacial score (nSPS) is 29.9. The van der Waals surface area contributed by atoms with E-state index in [1.165, 1.54) is 18.7 Å². The number of hydrogen-bond acceptors (Lipinski definition) is 5. The highest BCUT2D eigenvalue weighted by Crippen LogP contribution is 2.38. The van der Waals surface area contributed by atoms with Crippen LogP contribution in [0.25, 0.3) is 0 Å². The first-order valence-electron chi connectivity index (χ1n) is 10.8. The standard InChI is InChI=1S/C22H35N3O2/c1-2-23-7-9-24(10-8-23)11-12-27-22-5-3-18(4-6-22)15-25-16-19-13-21(26)14-20(19)17-25/h3-6,19-21,26H,2,7-17H2,1H3/t19-,20+,21?. The highest BCUT2D eigenvalue weighted by atomic mass is 16.5. The summed E-state index contributed by atoms with van der Waals surface area (Å²) in [6.45, 7) is 13.2. The van der Waals surface area contributed by atoms with E-state index < -0.39 is 0 Å². The molecule has 3 aliphatic rings. The molecule has 2 saturated heterocycles. The van der Waals surface area contributed by atoms with Crippen LogP contribution in [0.1, 0.15) is 25.3 Å². The molecule has 3 atom stereocenters. The van der Waals surface area contributed by atoms with Crippen LogP contribution in [-0.4, -0.2) is 84.9 Å². The number of likely N-dealkylation sites (tertiary alicyclic amines) is 1. The zero-order valence-corrected chi connectivity index (χ0v) is 16.7. The van der Waals surface area contributed by atoms with Crippen LogP contribution in [-0.2, 0) is 6.54 Å². The van der Waals surface area contributed by atoms with E-state index in [9.17, 15) is 5.11 Å². The molecule has 2 heterocycles. The van der Waals surface area contributed by atoms with Crippen LogP contribution in [0.4, 0.5) is 0 Å². The Labute approximate surface area is 163 Å². The maximum atomic E-state index is 9.78. The second-order valence-electron chi connectivity index (χ2n) is 8.61. The molecule has 27 heavy (non-hydrogen) atoms. The Morgan fingerprint density at radius 2 is 1.56 bits per heavy atom. The predicted molar refractivity (Wildman–Crippen MR) is 108 cm³/mol. The second kappa shape index (κ2) is 8.91. The van der Waals surface area contributed by atoms with Crippen molar-refractivity contribution in [2.45, 2.75) is 32.4 Å². The third kappa shape index (κ3) is 5.02. The molecule has 1 saturated carbocycles. The summed E-state index contributed by atoms with van der Waals surface area (Å²) in [7, 11) is 0. The molecular weight excluding hydrogens is 338 g/mol. The van der Waals surface area contributed by atoms with Crippen molar-refractivity contribution in [1.29, 1.82) is 0 Å². The smallest absolute Gasteiger partial charge is 0.119 e. The van der Waals surface area contributed by atoms with E-state index in [4.69, 9.17) is 4.74 Å². The van der Waals surface area contributed by atoms with Gasteiger partial charge in [-0.2, -0.15) is 0 Å². The van der Waals surface area contributed by atoms with Crippen molar-refractivity contribution in [2.75, 3.05) is 59.0 Å². The lowest BCUT2D eigenvalue weighted by Crippen LogP contribution is -2.47. The Morgan fingerprint density at radius 3 is 2.19 bits per heavy atom. The summed E-state index contributed by atoms with van der Waals surface area (Å²) in [5, 5.41) is 9.78. The Balaban J connectivity index is 1.16. The van der Waals surface area contributed by atoms with Gasteiger partial charge in [0.25, 0.3) is 0 Å². The van der Waals surface area contributed by atoms with Crippen LogP contribution < -0.4 is 4.74 Å². The van der Waals surface area contributed by atoms with Gasteiger partial charge in [0.2, 0.25) is 0 Å². The van der Waals surface area contributed by atoms with Crippen LogP contribution in [0, 0.1) is 11.8 Å². The number of hydrogen-bond donors (Lipinski definition) is 1. The van der Waals surface area contributed by atoms with E-state index in [0.717, 1.165) is 71.0 Å². The Bertz CT molecular complexity index is 572. The van der Waals surface area contributed by atoms with Gasteiger partial charge >= 0.3 is 0 Å². The number of piperazine rings is 1. The van der Waals surface area contributed by atoms with E-state index in [1.54, 1.807) is 0 Å². The van der Waals surface area contributed by atoms with E-state index in [2.05, 4.69) is 45.9 Å². The minimum atomic E-state index is -0.0471. The molecule has 0 spiro atoms. The van der Waals surface area contributed by atoms with Crippen LogP contribution >= 0.6 is 0 Å². The third-order valence-corrected chi connectivity index (χ3v) is 6.72. The quantitative estimate of drug-likeness (QED) is 0.790. The third-order valence-electron chi connectivity index (χ3n) is 6.72. The van der Waals surface area contributed by atoms with Gasteiger partial charge in [0.15, 0.2) is 0 Å². The molecule has 5 heteroatoms. The van der Waals surface area contributed by atoms with Crippen LogP contribution in [0.3, 0.4) is 0 Å². The van der Waals surface area contributed by atoms with Crippen molar-refractivity contribution in [3.63, 3.8) is 0 Å².